The highest BCUT2D eigenvalue weighted by Gasteiger charge is 2.19. The molecule has 0 radical (unpaired) electrons. The van der Waals surface area contributed by atoms with Gasteiger partial charge in [0.05, 0.1) is 6.20 Å². The average molecular weight is 334 g/mol. The van der Waals surface area contributed by atoms with Crippen LogP contribution in [0, 0.1) is 0 Å². The fraction of sp³-hybridized carbons (Fsp3) is 0.667. The fourth-order valence-corrected chi connectivity index (χ4v) is 2.53. The van der Waals surface area contributed by atoms with E-state index in [1.165, 1.54) is 12.4 Å². The van der Waals surface area contributed by atoms with Crippen LogP contribution in [-0.4, -0.2) is 57.8 Å². The van der Waals surface area contributed by atoms with E-state index >= 15 is 0 Å². The average Bonchev–Trinajstić information content (AvgIpc) is 2.61. The number of aromatic nitrogens is 2. The first kappa shape index (κ1) is 20.1. The fourth-order valence-electron chi connectivity index (χ4n) is 2.53. The number of unbranched alkanes of at least 4 members (excludes halogenated alkanes) is 1. The third-order valence-corrected chi connectivity index (χ3v) is 3.79. The standard InChI is InChI=1S/C18H30N4O2/c1-4-7-13-22(18(24)16-15-19-9-10-20-16)14-8-17(23)21(11-5-2)12-6-3/h9-10,15H,4-8,11-14H2,1-3H3. The molecule has 1 rings (SSSR count). The van der Waals surface area contributed by atoms with E-state index in [0.717, 1.165) is 38.8 Å². The first-order valence-corrected chi connectivity index (χ1v) is 8.97. The monoisotopic (exact) mass is 334 g/mol. The van der Waals surface area contributed by atoms with Crippen LogP contribution >= 0.6 is 0 Å². The molecule has 1 aromatic heterocycles. The minimum absolute atomic E-state index is 0.118. The van der Waals surface area contributed by atoms with Gasteiger partial charge in [0.25, 0.3) is 5.91 Å². The molecule has 0 N–H and O–H groups in total. The van der Waals surface area contributed by atoms with Gasteiger partial charge in [-0.15, -0.1) is 0 Å². The van der Waals surface area contributed by atoms with Crippen LogP contribution in [-0.2, 0) is 4.79 Å². The maximum Gasteiger partial charge on any atom is 0.274 e. The Bertz CT molecular complexity index is 487. The van der Waals surface area contributed by atoms with E-state index in [9.17, 15) is 9.59 Å². The van der Waals surface area contributed by atoms with E-state index in [1.807, 2.05) is 4.90 Å². The van der Waals surface area contributed by atoms with Crippen molar-refractivity contribution < 1.29 is 9.59 Å². The van der Waals surface area contributed by atoms with Gasteiger partial charge in [-0.25, -0.2) is 4.98 Å². The number of amides is 2. The number of rotatable bonds is 11. The Labute approximate surface area is 145 Å². The lowest BCUT2D eigenvalue weighted by molar-refractivity contribution is -0.131. The molecule has 1 aromatic rings. The molecule has 0 aliphatic rings. The summed E-state index contributed by atoms with van der Waals surface area (Å²) in [6.07, 6.45) is 8.70. The van der Waals surface area contributed by atoms with Gasteiger partial charge in [0, 0.05) is 45.0 Å². The summed E-state index contributed by atoms with van der Waals surface area (Å²) in [4.78, 5) is 36.7. The van der Waals surface area contributed by atoms with Gasteiger partial charge in [-0.3, -0.25) is 14.6 Å². The Hall–Kier alpha value is -1.98. The van der Waals surface area contributed by atoms with E-state index in [1.54, 1.807) is 11.1 Å². The highest BCUT2D eigenvalue weighted by molar-refractivity contribution is 5.92. The molecule has 0 saturated carbocycles. The zero-order valence-electron chi connectivity index (χ0n) is 15.2. The summed E-state index contributed by atoms with van der Waals surface area (Å²) in [7, 11) is 0. The van der Waals surface area contributed by atoms with E-state index in [2.05, 4.69) is 30.7 Å². The van der Waals surface area contributed by atoms with Gasteiger partial charge in [-0.1, -0.05) is 27.2 Å². The number of hydrogen-bond acceptors (Lipinski definition) is 4. The molecular formula is C18H30N4O2. The zero-order chi connectivity index (χ0) is 17.8. The summed E-state index contributed by atoms with van der Waals surface area (Å²) in [5, 5.41) is 0. The summed E-state index contributed by atoms with van der Waals surface area (Å²) in [6.45, 7) is 8.85. The van der Waals surface area contributed by atoms with Crippen LogP contribution in [0.25, 0.3) is 0 Å². The molecule has 0 saturated heterocycles. The highest BCUT2D eigenvalue weighted by Crippen LogP contribution is 2.06. The zero-order valence-corrected chi connectivity index (χ0v) is 15.2. The number of nitrogens with zero attached hydrogens (tertiary/aromatic N) is 4. The Morgan fingerprint density at radius 1 is 0.917 bits per heavy atom. The highest BCUT2D eigenvalue weighted by atomic mass is 16.2. The van der Waals surface area contributed by atoms with Crippen molar-refractivity contribution in [3.8, 4) is 0 Å². The van der Waals surface area contributed by atoms with Crippen molar-refractivity contribution in [2.75, 3.05) is 26.2 Å². The molecule has 24 heavy (non-hydrogen) atoms. The molecular weight excluding hydrogens is 304 g/mol. The van der Waals surface area contributed by atoms with Gasteiger partial charge in [0.2, 0.25) is 5.91 Å². The second kappa shape index (κ2) is 11.5. The van der Waals surface area contributed by atoms with Gasteiger partial charge >= 0.3 is 0 Å². The molecule has 0 spiro atoms. The van der Waals surface area contributed by atoms with Crippen molar-refractivity contribution in [3.63, 3.8) is 0 Å². The summed E-state index contributed by atoms with van der Waals surface area (Å²) < 4.78 is 0. The van der Waals surface area contributed by atoms with Crippen LogP contribution < -0.4 is 0 Å². The Kier molecular flexibility index (Phi) is 9.65. The minimum atomic E-state index is -0.151. The van der Waals surface area contributed by atoms with Crippen molar-refractivity contribution >= 4 is 11.8 Å². The van der Waals surface area contributed by atoms with Crippen molar-refractivity contribution in [2.24, 2.45) is 0 Å². The molecule has 6 nitrogen and oxygen atoms in total. The lowest BCUT2D eigenvalue weighted by atomic mass is 10.2. The first-order chi connectivity index (χ1) is 11.6. The molecule has 2 amide bonds. The van der Waals surface area contributed by atoms with Gasteiger partial charge in [-0.05, 0) is 19.3 Å². The topological polar surface area (TPSA) is 66.4 Å². The van der Waals surface area contributed by atoms with E-state index in [-0.39, 0.29) is 11.8 Å². The van der Waals surface area contributed by atoms with Crippen LogP contribution in [0.1, 0.15) is 63.4 Å². The number of carbonyl (C=O) groups excluding carboxylic acids is 2. The normalized spacial score (nSPS) is 10.5. The van der Waals surface area contributed by atoms with Crippen molar-refractivity contribution in [1.82, 2.24) is 19.8 Å². The van der Waals surface area contributed by atoms with E-state index < -0.39 is 0 Å². The van der Waals surface area contributed by atoms with Crippen LogP contribution in [0.4, 0.5) is 0 Å². The summed E-state index contributed by atoms with van der Waals surface area (Å²) in [5.41, 5.74) is 0.333. The van der Waals surface area contributed by atoms with Crippen molar-refractivity contribution in [2.45, 2.75) is 52.9 Å². The Balaban J connectivity index is 2.68. The van der Waals surface area contributed by atoms with Crippen molar-refractivity contribution in [3.05, 3.63) is 24.3 Å². The molecule has 0 bridgehead atoms. The summed E-state index contributed by atoms with van der Waals surface area (Å²) in [5.74, 6) is -0.0333. The predicted molar refractivity (Wildman–Crippen MR) is 94.6 cm³/mol. The number of hydrogen-bond donors (Lipinski definition) is 0. The smallest absolute Gasteiger partial charge is 0.274 e. The SMILES string of the molecule is CCCCN(CCC(=O)N(CCC)CCC)C(=O)c1cnccn1. The van der Waals surface area contributed by atoms with E-state index in [4.69, 9.17) is 0 Å². The van der Waals surface area contributed by atoms with Crippen LogP contribution in [0.15, 0.2) is 18.6 Å². The third kappa shape index (κ3) is 6.64. The van der Waals surface area contributed by atoms with E-state index in [0.29, 0.717) is 25.2 Å². The summed E-state index contributed by atoms with van der Waals surface area (Å²) >= 11 is 0. The summed E-state index contributed by atoms with van der Waals surface area (Å²) in [6, 6.07) is 0. The molecule has 1 heterocycles. The maximum atomic E-state index is 12.6. The lowest BCUT2D eigenvalue weighted by Crippen LogP contribution is -2.38. The molecule has 0 unspecified atom stereocenters. The predicted octanol–water partition coefficient (Wildman–Crippen LogP) is 2.76. The van der Waals surface area contributed by atoms with Crippen molar-refractivity contribution in [1.29, 1.82) is 0 Å². The van der Waals surface area contributed by atoms with Crippen LogP contribution in [0.2, 0.25) is 0 Å². The molecule has 0 fully saturated rings. The van der Waals surface area contributed by atoms with Crippen LogP contribution in [0.5, 0.6) is 0 Å². The molecule has 0 aliphatic heterocycles. The minimum Gasteiger partial charge on any atom is -0.343 e. The molecule has 134 valence electrons. The third-order valence-electron chi connectivity index (χ3n) is 3.79. The molecule has 0 aliphatic carbocycles. The largest absolute Gasteiger partial charge is 0.343 e. The lowest BCUT2D eigenvalue weighted by Gasteiger charge is -2.25. The van der Waals surface area contributed by atoms with Crippen LogP contribution in [0.3, 0.4) is 0 Å². The second-order valence-electron chi connectivity index (χ2n) is 5.87. The maximum absolute atomic E-state index is 12.6. The molecule has 0 aromatic carbocycles. The van der Waals surface area contributed by atoms with Gasteiger partial charge < -0.3 is 9.80 Å². The number of carbonyl (C=O) groups is 2. The quantitative estimate of drug-likeness (QED) is 0.624. The van der Waals surface area contributed by atoms with Gasteiger partial charge in [0.15, 0.2) is 0 Å². The Morgan fingerprint density at radius 3 is 2.17 bits per heavy atom. The Morgan fingerprint density at radius 2 is 1.62 bits per heavy atom. The molecule has 0 atom stereocenters. The molecule has 6 heteroatoms. The first-order valence-electron chi connectivity index (χ1n) is 8.97. The second-order valence-corrected chi connectivity index (χ2v) is 5.87. The van der Waals surface area contributed by atoms with Gasteiger partial charge in [-0.2, -0.15) is 0 Å². The van der Waals surface area contributed by atoms with Gasteiger partial charge in [0.1, 0.15) is 5.69 Å².